The first-order valence-electron chi connectivity index (χ1n) is 7.71. The van der Waals surface area contributed by atoms with E-state index in [2.05, 4.69) is 41.8 Å². The Morgan fingerprint density at radius 3 is 2.50 bits per heavy atom. The van der Waals surface area contributed by atoms with Gasteiger partial charge in [-0.3, -0.25) is 9.69 Å². The number of hydrogen-bond acceptors (Lipinski definition) is 3. The lowest BCUT2D eigenvalue weighted by molar-refractivity contribution is -0.121. The van der Waals surface area contributed by atoms with Gasteiger partial charge in [0.1, 0.15) is 5.78 Å². The Balaban J connectivity index is 1.57. The minimum Gasteiger partial charge on any atom is -0.369 e. The van der Waals surface area contributed by atoms with E-state index in [-0.39, 0.29) is 0 Å². The second-order valence-electron chi connectivity index (χ2n) is 6.22. The zero-order chi connectivity index (χ0) is 14.1. The normalized spacial score (nSPS) is 20.2. The van der Waals surface area contributed by atoms with Crippen molar-refractivity contribution in [3.05, 3.63) is 29.3 Å². The highest BCUT2D eigenvalue weighted by atomic mass is 16.1. The molecule has 0 aromatic heterocycles. The van der Waals surface area contributed by atoms with Gasteiger partial charge in [-0.25, -0.2) is 0 Å². The van der Waals surface area contributed by atoms with Crippen molar-refractivity contribution in [2.24, 2.45) is 5.92 Å². The lowest BCUT2D eigenvalue weighted by Crippen LogP contribution is -2.48. The predicted octanol–water partition coefficient (Wildman–Crippen LogP) is 2.40. The SMILES string of the molecule is Cc1cccc(N2CCN(CC(=O)C3CC3)CC2)c1C. The van der Waals surface area contributed by atoms with E-state index in [0.29, 0.717) is 18.2 Å². The number of Topliss-reactive ketones (excluding diaryl/α,β-unsaturated/α-hetero) is 1. The van der Waals surface area contributed by atoms with Crippen molar-refractivity contribution >= 4 is 11.5 Å². The average Bonchev–Trinajstić information content (AvgIpc) is 3.27. The molecule has 1 aliphatic carbocycles. The molecule has 0 bridgehead atoms. The van der Waals surface area contributed by atoms with E-state index in [1.54, 1.807) is 0 Å². The fourth-order valence-electron chi connectivity index (χ4n) is 2.98. The molecule has 108 valence electrons. The van der Waals surface area contributed by atoms with Gasteiger partial charge < -0.3 is 4.90 Å². The van der Waals surface area contributed by atoms with Gasteiger partial charge in [0, 0.05) is 37.8 Å². The molecule has 1 saturated carbocycles. The molecule has 0 spiro atoms. The van der Waals surface area contributed by atoms with Crippen LogP contribution >= 0.6 is 0 Å². The lowest BCUT2D eigenvalue weighted by Gasteiger charge is -2.36. The maximum Gasteiger partial charge on any atom is 0.149 e. The van der Waals surface area contributed by atoms with E-state index in [1.165, 1.54) is 16.8 Å². The van der Waals surface area contributed by atoms with Crippen LogP contribution in [0, 0.1) is 19.8 Å². The smallest absolute Gasteiger partial charge is 0.149 e. The minimum absolute atomic E-state index is 0.395. The Bertz CT molecular complexity index is 500. The molecule has 3 rings (SSSR count). The number of ketones is 1. The van der Waals surface area contributed by atoms with Crippen molar-refractivity contribution in [1.29, 1.82) is 0 Å². The maximum absolute atomic E-state index is 11.9. The number of piperazine rings is 1. The van der Waals surface area contributed by atoms with Crippen LogP contribution in [-0.2, 0) is 4.79 Å². The summed E-state index contributed by atoms with van der Waals surface area (Å²) in [6.07, 6.45) is 2.25. The molecule has 0 amide bonds. The van der Waals surface area contributed by atoms with Crippen molar-refractivity contribution in [2.75, 3.05) is 37.6 Å². The number of anilines is 1. The third kappa shape index (κ3) is 2.88. The first kappa shape index (κ1) is 13.6. The molecular weight excluding hydrogens is 248 g/mol. The predicted molar refractivity (Wildman–Crippen MR) is 82.3 cm³/mol. The zero-order valence-electron chi connectivity index (χ0n) is 12.6. The van der Waals surface area contributed by atoms with Crippen LogP contribution in [0.3, 0.4) is 0 Å². The van der Waals surface area contributed by atoms with Gasteiger partial charge in [0.2, 0.25) is 0 Å². The number of aryl methyl sites for hydroxylation is 1. The second kappa shape index (κ2) is 5.57. The third-order valence-electron chi connectivity index (χ3n) is 4.70. The van der Waals surface area contributed by atoms with Crippen molar-refractivity contribution in [3.63, 3.8) is 0 Å². The van der Waals surface area contributed by atoms with E-state index >= 15 is 0 Å². The van der Waals surface area contributed by atoms with Gasteiger partial charge in [0.15, 0.2) is 0 Å². The largest absolute Gasteiger partial charge is 0.369 e. The number of rotatable bonds is 4. The van der Waals surface area contributed by atoms with Crippen molar-refractivity contribution in [3.8, 4) is 0 Å². The molecule has 0 atom stereocenters. The highest BCUT2D eigenvalue weighted by Gasteiger charge is 2.31. The molecule has 1 heterocycles. The van der Waals surface area contributed by atoms with Crippen LogP contribution in [0.15, 0.2) is 18.2 Å². The minimum atomic E-state index is 0.395. The number of hydrogen-bond donors (Lipinski definition) is 0. The fourth-order valence-corrected chi connectivity index (χ4v) is 2.98. The Kier molecular flexibility index (Phi) is 3.79. The summed E-state index contributed by atoms with van der Waals surface area (Å²) in [5.41, 5.74) is 4.10. The lowest BCUT2D eigenvalue weighted by atomic mass is 10.1. The molecule has 3 heteroatoms. The Hall–Kier alpha value is -1.35. The highest BCUT2D eigenvalue weighted by Crippen LogP contribution is 2.30. The van der Waals surface area contributed by atoms with Crippen LogP contribution in [0.25, 0.3) is 0 Å². The van der Waals surface area contributed by atoms with Crippen LogP contribution in [0.4, 0.5) is 5.69 Å². The summed E-state index contributed by atoms with van der Waals surface area (Å²) in [5, 5.41) is 0. The van der Waals surface area contributed by atoms with Crippen molar-refractivity contribution in [1.82, 2.24) is 4.90 Å². The summed E-state index contributed by atoms with van der Waals surface area (Å²) in [4.78, 5) is 16.6. The average molecular weight is 272 g/mol. The Labute approximate surface area is 121 Å². The van der Waals surface area contributed by atoms with Gasteiger partial charge >= 0.3 is 0 Å². The van der Waals surface area contributed by atoms with Crippen LogP contribution in [0.1, 0.15) is 24.0 Å². The van der Waals surface area contributed by atoms with Gasteiger partial charge in [-0.1, -0.05) is 12.1 Å². The topological polar surface area (TPSA) is 23.6 Å². The van der Waals surface area contributed by atoms with E-state index < -0.39 is 0 Å². The quantitative estimate of drug-likeness (QED) is 0.841. The number of carbonyl (C=O) groups excluding carboxylic acids is 1. The summed E-state index contributed by atoms with van der Waals surface area (Å²) in [6, 6.07) is 6.53. The first-order chi connectivity index (χ1) is 9.65. The first-order valence-corrected chi connectivity index (χ1v) is 7.71. The van der Waals surface area contributed by atoms with Crippen molar-refractivity contribution in [2.45, 2.75) is 26.7 Å². The molecule has 1 saturated heterocycles. The Morgan fingerprint density at radius 1 is 1.15 bits per heavy atom. The summed E-state index contributed by atoms with van der Waals surface area (Å²) in [5.74, 6) is 0.859. The number of benzene rings is 1. The summed E-state index contributed by atoms with van der Waals surface area (Å²) in [7, 11) is 0. The van der Waals surface area contributed by atoms with Gasteiger partial charge in [-0.15, -0.1) is 0 Å². The van der Waals surface area contributed by atoms with E-state index in [4.69, 9.17) is 0 Å². The molecule has 1 aliphatic heterocycles. The molecule has 0 unspecified atom stereocenters. The molecule has 3 nitrogen and oxygen atoms in total. The van der Waals surface area contributed by atoms with Gasteiger partial charge in [0.25, 0.3) is 0 Å². The second-order valence-corrected chi connectivity index (χ2v) is 6.22. The molecule has 1 aromatic carbocycles. The van der Waals surface area contributed by atoms with Gasteiger partial charge in [-0.2, -0.15) is 0 Å². The standard InChI is InChI=1S/C17H24N2O/c1-13-4-3-5-16(14(13)2)19-10-8-18(9-11-19)12-17(20)15-6-7-15/h3-5,15H,6-12H2,1-2H3. The summed E-state index contributed by atoms with van der Waals surface area (Å²) in [6.45, 7) is 9.12. The van der Waals surface area contributed by atoms with Crippen LogP contribution < -0.4 is 4.90 Å². The van der Waals surface area contributed by atoms with Gasteiger partial charge in [-0.05, 0) is 43.9 Å². The van der Waals surface area contributed by atoms with E-state index in [1.807, 2.05) is 0 Å². The molecule has 1 aromatic rings. The monoisotopic (exact) mass is 272 g/mol. The van der Waals surface area contributed by atoms with E-state index in [0.717, 1.165) is 39.0 Å². The summed E-state index contributed by atoms with van der Waals surface area (Å²) < 4.78 is 0. The third-order valence-corrected chi connectivity index (χ3v) is 4.70. The van der Waals surface area contributed by atoms with Crippen LogP contribution in [-0.4, -0.2) is 43.4 Å². The molecular formula is C17H24N2O. The fraction of sp³-hybridized carbons (Fsp3) is 0.588. The molecule has 2 fully saturated rings. The summed E-state index contributed by atoms with van der Waals surface area (Å²) >= 11 is 0. The number of carbonyl (C=O) groups is 1. The van der Waals surface area contributed by atoms with Crippen LogP contribution in [0.5, 0.6) is 0 Å². The molecule has 2 aliphatic rings. The van der Waals surface area contributed by atoms with E-state index in [9.17, 15) is 4.79 Å². The molecule has 0 N–H and O–H groups in total. The molecule has 20 heavy (non-hydrogen) atoms. The Morgan fingerprint density at radius 2 is 1.85 bits per heavy atom. The van der Waals surface area contributed by atoms with Crippen LogP contribution in [0.2, 0.25) is 0 Å². The van der Waals surface area contributed by atoms with Crippen molar-refractivity contribution < 1.29 is 4.79 Å². The highest BCUT2D eigenvalue weighted by molar-refractivity contribution is 5.85. The molecule has 0 radical (unpaired) electrons. The zero-order valence-corrected chi connectivity index (χ0v) is 12.6. The number of nitrogens with zero attached hydrogens (tertiary/aromatic N) is 2. The van der Waals surface area contributed by atoms with Gasteiger partial charge in [0.05, 0.1) is 6.54 Å². The maximum atomic E-state index is 11.9.